The highest BCUT2D eigenvalue weighted by molar-refractivity contribution is 7.89. The van der Waals surface area contributed by atoms with Gasteiger partial charge in [-0.1, -0.05) is 31.5 Å². The normalized spacial score (nSPS) is 12.6. The number of nitrogens with zero attached hydrogens (tertiary/aromatic N) is 1. The Balaban J connectivity index is 2.10. The maximum absolute atomic E-state index is 12.6. The van der Waals surface area contributed by atoms with Crippen LogP contribution < -0.4 is 10.1 Å². The van der Waals surface area contributed by atoms with Gasteiger partial charge in [-0.2, -0.15) is 4.31 Å². The molecule has 0 unspecified atom stereocenters. The molecule has 0 aliphatic rings. The van der Waals surface area contributed by atoms with E-state index in [9.17, 15) is 13.2 Å². The molecular weight excluding hydrogens is 388 g/mol. The SMILES string of the molecule is CCN(CC)S(=O)(=O)c1cccc(NC(=O)[C@H](C)Oc2ccc(Cl)cc2)c1. The lowest BCUT2D eigenvalue weighted by Gasteiger charge is -2.19. The van der Waals surface area contributed by atoms with Gasteiger partial charge in [-0.25, -0.2) is 8.42 Å². The maximum atomic E-state index is 12.6. The number of ether oxygens (including phenoxy) is 1. The van der Waals surface area contributed by atoms with Gasteiger partial charge in [0.15, 0.2) is 6.10 Å². The van der Waals surface area contributed by atoms with E-state index in [0.717, 1.165) is 0 Å². The summed E-state index contributed by atoms with van der Waals surface area (Å²) >= 11 is 5.83. The highest BCUT2D eigenvalue weighted by Gasteiger charge is 2.22. The largest absolute Gasteiger partial charge is 0.481 e. The Bertz CT molecular complexity index is 881. The Labute approximate surface area is 165 Å². The first kappa shape index (κ1) is 21.2. The molecule has 0 aromatic heterocycles. The van der Waals surface area contributed by atoms with E-state index in [4.69, 9.17) is 16.3 Å². The molecule has 0 saturated carbocycles. The summed E-state index contributed by atoms with van der Waals surface area (Å²) in [7, 11) is -3.59. The summed E-state index contributed by atoms with van der Waals surface area (Å²) < 4.78 is 32.2. The first-order valence-corrected chi connectivity index (χ1v) is 10.4. The zero-order valence-corrected chi connectivity index (χ0v) is 17.0. The average molecular weight is 411 g/mol. The van der Waals surface area contributed by atoms with Gasteiger partial charge in [0.05, 0.1) is 4.90 Å². The van der Waals surface area contributed by atoms with Crippen LogP contribution in [-0.4, -0.2) is 37.8 Å². The molecule has 8 heteroatoms. The molecule has 2 rings (SSSR count). The highest BCUT2D eigenvalue weighted by atomic mass is 35.5. The molecule has 0 saturated heterocycles. The molecule has 146 valence electrons. The fraction of sp³-hybridized carbons (Fsp3) is 0.316. The quantitative estimate of drug-likeness (QED) is 0.718. The second-order valence-electron chi connectivity index (χ2n) is 5.82. The van der Waals surface area contributed by atoms with Gasteiger partial charge in [-0.15, -0.1) is 0 Å². The molecule has 6 nitrogen and oxygen atoms in total. The van der Waals surface area contributed by atoms with Crippen molar-refractivity contribution < 1.29 is 17.9 Å². The summed E-state index contributed by atoms with van der Waals surface area (Å²) in [6, 6.07) is 12.9. The van der Waals surface area contributed by atoms with Gasteiger partial charge in [0.25, 0.3) is 5.91 Å². The predicted molar refractivity (Wildman–Crippen MR) is 107 cm³/mol. The number of nitrogens with one attached hydrogen (secondary N) is 1. The van der Waals surface area contributed by atoms with Gasteiger partial charge in [-0.3, -0.25) is 4.79 Å². The molecule has 0 radical (unpaired) electrons. The Hall–Kier alpha value is -2.09. The lowest BCUT2D eigenvalue weighted by Crippen LogP contribution is -2.31. The van der Waals surface area contributed by atoms with Crippen LogP contribution >= 0.6 is 11.6 Å². The lowest BCUT2D eigenvalue weighted by molar-refractivity contribution is -0.122. The molecule has 2 aromatic carbocycles. The van der Waals surface area contributed by atoms with Crippen LogP contribution in [0.4, 0.5) is 5.69 Å². The minimum atomic E-state index is -3.59. The Kier molecular flexibility index (Phi) is 7.24. The molecule has 27 heavy (non-hydrogen) atoms. The topological polar surface area (TPSA) is 75.7 Å². The number of benzene rings is 2. The summed E-state index contributed by atoms with van der Waals surface area (Å²) in [5.74, 6) is 0.127. The van der Waals surface area contributed by atoms with Crippen LogP contribution in [0.15, 0.2) is 53.4 Å². The van der Waals surface area contributed by atoms with Crippen molar-refractivity contribution in [3.8, 4) is 5.75 Å². The number of amides is 1. The maximum Gasteiger partial charge on any atom is 0.265 e. The molecule has 0 spiro atoms. The lowest BCUT2D eigenvalue weighted by atomic mass is 10.3. The second kappa shape index (κ2) is 9.21. The zero-order chi connectivity index (χ0) is 20.0. The molecular formula is C19H23ClN2O4S. The van der Waals surface area contributed by atoms with Crippen LogP contribution in [0.1, 0.15) is 20.8 Å². The minimum absolute atomic E-state index is 0.135. The van der Waals surface area contributed by atoms with Crippen molar-refractivity contribution in [1.29, 1.82) is 0 Å². The summed E-state index contributed by atoms with van der Waals surface area (Å²) in [4.78, 5) is 12.5. The number of hydrogen-bond acceptors (Lipinski definition) is 4. The first-order valence-electron chi connectivity index (χ1n) is 8.61. The molecule has 1 N–H and O–H groups in total. The summed E-state index contributed by atoms with van der Waals surface area (Å²) in [5.41, 5.74) is 0.389. The van der Waals surface area contributed by atoms with Crippen LogP contribution in [0, 0.1) is 0 Å². The standard InChI is InChI=1S/C19H23ClN2O4S/c1-4-22(5-2)27(24,25)18-8-6-7-16(13-18)21-19(23)14(3)26-17-11-9-15(20)10-12-17/h6-14H,4-5H2,1-3H3,(H,21,23)/t14-/m0/s1. The van der Waals surface area contributed by atoms with E-state index < -0.39 is 16.1 Å². The van der Waals surface area contributed by atoms with E-state index in [0.29, 0.717) is 29.5 Å². The number of anilines is 1. The van der Waals surface area contributed by atoms with Crippen molar-refractivity contribution >= 4 is 33.2 Å². The molecule has 1 amide bonds. The van der Waals surface area contributed by atoms with Gasteiger partial charge in [0, 0.05) is 23.8 Å². The van der Waals surface area contributed by atoms with E-state index in [1.807, 2.05) is 0 Å². The fourth-order valence-corrected chi connectivity index (χ4v) is 4.09. The van der Waals surface area contributed by atoms with E-state index >= 15 is 0 Å². The third kappa shape index (κ3) is 5.45. The summed E-state index contributed by atoms with van der Waals surface area (Å²) in [6.45, 7) is 5.92. The monoisotopic (exact) mass is 410 g/mol. The van der Waals surface area contributed by atoms with E-state index in [1.54, 1.807) is 57.2 Å². The number of sulfonamides is 1. The highest BCUT2D eigenvalue weighted by Crippen LogP contribution is 2.21. The second-order valence-corrected chi connectivity index (χ2v) is 8.19. The zero-order valence-electron chi connectivity index (χ0n) is 15.5. The molecule has 0 aliphatic heterocycles. The number of carbonyl (C=O) groups excluding carboxylic acids is 1. The molecule has 0 fully saturated rings. The fourth-order valence-electron chi connectivity index (χ4n) is 2.46. The third-order valence-electron chi connectivity index (χ3n) is 3.94. The number of carbonyl (C=O) groups is 1. The van der Waals surface area contributed by atoms with Gasteiger partial charge < -0.3 is 10.1 Å². The van der Waals surface area contributed by atoms with Crippen molar-refractivity contribution in [1.82, 2.24) is 4.31 Å². The minimum Gasteiger partial charge on any atom is -0.481 e. The van der Waals surface area contributed by atoms with Gasteiger partial charge in [0.1, 0.15) is 5.75 Å². The predicted octanol–water partition coefficient (Wildman–Crippen LogP) is 3.78. The van der Waals surface area contributed by atoms with Crippen LogP contribution in [0.25, 0.3) is 0 Å². The third-order valence-corrected chi connectivity index (χ3v) is 6.24. The van der Waals surface area contributed by atoms with Gasteiger partial charge >= 0.3 is 0 Å². The Morgan fingerprint density at radius 3 is 2.37 bits per heavy atom. The van der Waals surface area contributed by atoms with Crippen LogP contribution in [0.3, 0.4) is 0 Å². The Morgan fingerprint density at radius 2 is 1.78 bits per heavy atom. The Morgan fingerprint density at radius 1 is 1.15 bits per heavy atom. The molecule has 2 aromatic rings. The van der Waals surface area contributed by atoms with E-state index in [-0.39, 0.29) is 10.8 Å². The molecule has 0 bridgehead atoms. The number of halogens is 1. The summed E-state index contributed by atoms with van der Waals surface area (Å²) in [5, 5.41) is 3.26. The van der Waals surface area contributed by atoms with Crippen molar-refractivity contribution in [2.45, 2.75) is 31.8 Å². The number of hydrogen-bond donors (Lipinski definition) is 1. The number of rotatable bonds is 8. The van der Waals surface area contributed by atoms with Crippen LogP contribution in [0.2, 0.25) is 5.02 Å². The van der Waals surface area contributed by atoms with Crippen molar-refractivity contribution in [3.05, 3.63) is 53.6 Å². The molecule has 0 heterocycles. The van der Waals surface area contributed by atoms with Crippen molar-refractivity contribution in [2.75, 3.05) is 18.4 Å². The van der Waals surface area contributed by atoms with Crippen LogP contribution in [0.5, 0.6) is 5.75 Å². The van der Waals surface area contributed by atoms with E-state index in [1.165, 1.54) is 16.4 Å². The van der Waals surface area contributed by atoms with Crippen molar-refractivity contribution in [2.24, 2.45) is 0 Å². The summed E-state index contributed by atoms with van der Waals surface area (Å²) in [6.07, 6.45) is -0.769. The molecule has 1 atom stereocenters. The van der Waals surface area contributed by atoms with E-state index in [2.05, 4.69) is 5.32 Å². The smallest absolute Gasteiger partial charge is 0.265 e. The van der Waals surface area contributed by atoms with Gasteiger partial charge in [-0.05, 0) is 49.4 Å². The van der Waals surface area contributed by atoms with Gasteiger partial charge in [0.2, 0.25) is 10.0 Å². The first-order chi connectivity index (χ1) is 12.8. The average Bonchev–Trinajstić information content (AvgIpc) is 2.64. The van der Waals surface area contributed by atoms with Crippen LogP contribution in [-0.2, 0) is 14.8 Å². The van der Waals surface area contributed by atoms with Crippen molar-refractivity contribution in [3.63, 3.8) is 0 Å². The molecule has 0 aliphatic carbocycles.